The molecule has 0 aromatic heterocycles. The molecule has 3 atom stereocenters. The lowest BCUT2D eigenvalue weighted by Crippen LogP contribution is -2.38. The Morgan fingerprint density at radius 3 is 3.00 bits per heavy atom. The molecule has 3 rings (SSSR count). The summed E-state index contributed by atoms with van der Waals surface area (Å²) in [6.45, 7) is 1.15. The van der Waals surface area contributed by atoms with E-state index in [0.717, 1.165) is 17.5 Å². The number of hydrogen-bond donors (Lipinski definition) is 2. The summed E-state index contributed by atoms with van der Waals surface area (Å²) < 4.78 is 5.22. The molecule has 1 heterocycles. The molecule has 1 aromatic rings. The highest BCUT2D eigenvalue weighted by molar-refractivity contribution is 5.79. The second-order valence-corrected chi connectivity index (χ2v) is 5.02. The normalized spacial score (nSPS) is 30.2. The van der Waals surface area contributed by atoms with E-state index < -0.39 is 6.10 Å². The first-order valence-electron chi connectivity index (χ1n) is 6.39. The van der Waals surface area contributed by atoms with E-state index in [1.807, 2.05) is 24.3 Å². The van der Waals surface area contributed by atoms with Crippen molar-refractivity contribution in [2.45, 2.75) is 25.0 Å². The number of hydrogen-bond acceptors (Lipinski definition) is 3. The molecule has 0 saturated carbocycles. The Balaban J connectivity index is 1.74. The molecule has 1 saturated heterocycles. The van der Waals surface area contributed by atoms with E-state index in [1.54, 1.807) is 0 Å². The molecule has 4 heteroatoms. The molecule has 2 aliphatic rings. The molecule has 1 aliphatic heterocycles. The van der Waals surface area contributed by atoms with Gasteiger partial charge >= 0.3 is 0 Å². The molecule has 96 valence electrons. The van der Waals surface area contributed by atoms with Crippen molar-refractivity contribution in [2.24, 2.45) is 5.92 Å². The summed E-state index contributed by atoms with van der Waals surface area (Å²) in [6, 6.07) is 7.61. The zero-order chi connectivity index (χ0) is 12.5. The molecular formula is C14H17NO3. The third-order valence-electron chi connectivity index (χ3n) is 3.80. The zero-order valence-electron chi connectivity index (χ0n) is 10.1. The van der Waals surface area contributed by atoms with Crippen LogP contribution in [0, 0.1) is 5.92 Å². The number of benzene rings is 1. The summed E-state index contributed by atoms with van der Waals surface area (Å²) in [5, 5.41) is 13.0. The van der Waals surface area contributed by atoms with Crippen molar-refractivity contribution in [3.05, 3.63) is 35.4 Å². The quantitative estimate of drug-likeness (QED) is 0.812. The van der Waals surface area contributed by atoms with Gasteiger partial charge in [-0.2, -0.15) is 0 Å². The Morgan fingerprint density at radius 2 is 2.22 bits per heavy atom. The van der Waals surface area contributed by atoms with Gasteiger partial charge in [0.1, 0.15) is 0 Å². The van der Waals surface area contributed by atoms with Gasteiger partial charge in [-0.1, -0.05) is 24.3 Å². The van der Waals surface area contributed by atoms with Crippen LogP contribution in [0.15, 0.2) is 24.3 Å². The van der Waals surface area contributed by atoms with Crippen LogP contribution >= 0.6 is 0 Å². The Morgan fingerprint density at radius 1 is 1.39 bits per heavy atom. The first-order valence-corrected chi connectivity index (χ1v) is 6.39. The predicted octanol–water partition coefficient (Wildman–Crippen LogP) is 0.797. The van der Waals surface area contributed by atoms with Crippen molar-refractivity contribution in [1.29, 1.82) is 0 Å². The van der Waals surface area contributed by atoms with Crippen LogP contribution in [0.25, 0.3) is 0 Å². The summed E-state index contributed by atoms with van der Waals surface area (Å²) in [6.07, 6.45) is 0.868. The van der Waals surface area contributed by atoms with Crippen molar-refractivity contribution < 1.29 is 14.6 Å². The average Bonchev–Trinajstić information content (AvgIpc) is 2.98. The second kappa shape index (κ2) is 4.71. The molecule has 1 fully saturated rings. The van der Waals surface area contributed by atoms with E-state index in [2.05, 4.69) is 5.32 Å². The smallest absolute Gasteiger partial charge is 0.226 e. The van der Waals surface area contributed by atoms with Gasteiger partial charge in [0.2, 0.25) is 5.91 Å². The van der Waals surface area contributed by atoms with Crippen LogP contribution in [0.2, 0.25) is 0 Å². The number of aliphatic hydroxyl groups is 1. The van der Waals surface area contributed by atoms with Crippen LogP contribution in [-0.2, 0) is 16.0 Å². The van der Waals surface area contributed by atoms with Gasteiger partial charge in [-0.05, 0) is 17.5 Å². The summed E-state index contributed by atoms with van der Waals surface area (Å²) >= 11 is 0. The number of fused-ring (bicyclic) bond motifs is 1. The zero-order valence-corrected chi connectivity index (χ0v) is 10.1. The molecule has 3 unspecified atom stereocenters. The molecular weight excluding hydrogens is 230 g/mol. The fourth-order valence-corrected chi connectivity index (χ4v) is 2.76. The van der Waals surface area contributed by atoms with Crippen molar-refractivity contribution >= 4 is 5.91 Å². The Hall–Kier alpha value is -1.39. The van der Waals surface area contributed by atoms with Gasteiger partial charge in [0.05, 0.1) is 24.7 Å². The van der Waals surface area contributed by atoms with Crippen LogP contribution in [0.4, 0.5) is 0 Å². The van der Waals surface area contributed by atoms with Crippen molar-refractivity contribution in [1.82, 2.24) is 5.32 Å². The molecule has 0 bridgehead atoms. The van der Waals surface area contributed by atoms with Crippen molar-refractivity contribution in [3.8, 4) is 0 Å². The monoisotopic (exact) mass is 247 g/mol. The lowest BCUT2D eigenvalue weighted by atomic mass is 10.0. The molecule has 1 aliphatic carbocycles. The van der Waals surface area contributed by atoms with Crippen molar-refractivity contribution in [2.75, 3.05) is 13.2 Å². The topological polar surface area (TPSA) is 58.6 Å². The third-order valence-corrected chi connectivity index (χ3v) is 3.80. The van der Waals surface area contributed by atoms with E-state index in [-0.39, 0.29) is 17.9 Å². The van der Waals surface area contributed by atoms with Gasteiger partial charge in [-0.15, -0.1) is 0 Å². The van der Waals surface area contributed by atoms with Crippen LogP contribution < -0.4 is 5.32 Å². The highest BCUT2D eigenvalue weighted by atomic mass is 16.5. The second-order valence-electron chi connectivity index (χ2n) is 5.02. The lowest BCUT2D eigenvalue weighted by molar-refractivity contribution is -0.126. The van der Waals surface area contributed by atoms with E-state index in [9.17, 15) is 9.90 Å². The maximum Gasteiger partial charge on any atom is 0.226 e. The lowest BCUT2D eigenvalue weighted by Gasteiger charge is -2.19. The van der Waals surface area contributed by atoms with Gasteiger partial charge in [0, 0.05) is 13.0 Å². The highest BCUT2D eigenvalue weighted by Crippen LogP contribution is 2.31. The number of ether oxygens (including phenoxy) is 1. The summed E-state index contributed by atoms with van der Waals surface area (Å²) in [5.41, 5.74) is 2.16. The van der Waals surface area contributed by atoms with Crippen molar-refractivity contribution in [3.63, 3.8) is 0 Å². The van der Waals surface area contributed by atoms with Gasteiger partial charge in [0.15, 0.2) is 0 Å². The molecule has 18 heavy (non-hydrogen) atoms. The minimum absolute atomic E-state index is 0.00625. The summed E-state index contributed by atoms with van der Waals surface area (Å²) in [5.74, 6) is -0.0711. The van der Waals surface area contributed by atoms with Crippen LogP contribution in [0.5, 0.6) is 0 Å². The van der Waals surface area contributed by atoms with Gasteiger partial charge in [-0.25, -0.2) is 0 Å². The molecule has 2 N–H and O–H groups in total. The number of carbonyl (C=O) groups excluding carboxylic acids is 1. The minimum atomic E-state index is -0.520. The standard InChI is InChI=1S/C14H17NO3/c16-12-7-9-3-1-2-4-11(9)13(12)15-14(17)10-5-6-18-8-10/h1-4,10,12-13,16H,5-8H2,(H,15,17). The number of rotatable bonds is 2. The minimum Gasteiger partial charge on any atom is -0.390 e. The molecule has 1 amide bonds. The van der Waals surface area contributed by atoms with Gasteiger partial charge < -0.3 is 15.2 Å². The molecule has 4 nitrogen and oxygen atoms in total. The number of carbonyl (C=O) groups is 1. The molecule has 1 aromatic carbocycles. The summed E-state index contributed by atoms with van der Waals surface area (Å²) in [7, 11) is 0. The largest absolute Gasteiger partial charge is 0.390 e. The Bertz CT molecular complexity index is 454. The number of nitrogens with one attached hydrogen (secondary N) is 1. The SMILES string of the molecule is O=C(NC1c2ccccc2CC1O)C1CCOC1. The van der Waals surface area contributed by atoms with Crippen LogP contribution in [0.3, 0.4) is 0 Å². The van der Waals surface area contributed by atoms with E-state index in [1.165, 1.54) is 0 Å². The molecule has 0 radical (unpaired) electrons. The first kappa shape index (κ1) is 11.7. The highest BCUT2D eigenvalue weighted by Gasteiger charge is 2.34. The van der Waals surface area contributed by atoms with Gasteiger partial charge in [-0.3, -0.25) is 4.79 Å². The number of amides is 1. The summed E-state index contributed by atoms with van der Waals surface area (Å²) in [4.78, 5) is 12.1. The maximum absolute atomic E-state index is 12.1. The van der Waals surface area contributed by atoms with E-state index >= 15 is 0 Å². The number of aliphatic hydroxyl groups excluding tert-OH is 1. The van der Waals surface area contributed by atoms with E-state index in [4.69, 9.17) is 4.74 Å². The van der Waals surface area contributed by atoms with E-state index in [0.29, 0.717) is 19.6 Å². The predicted molar refractivity (Wildman–Crippen MR) is 66.0 cm³/mol. The van der Waals surface area contributed by atoms with Crippen LogP contribution in [-0.4, -0.2) is 30.3 Å². The Labute approximate surface area is 106 Å². The average molecular weight is 247 g/mol. The third kappa shape index (κ3) is 2.02. The Kier molecular flexibility index (Phi) is 3.06. The van der Waals surface area contributed by atoms with Crippen LogP contribution in [0.1, 0.15) is 23.6 Å². The first-order chi connectivity index (χ1) is 8.75. The fourth-order valence-electron chi connectivity index (χ4n) is 2.76. The maximum atomic E-state index is 12.1. The fraction of sp³-hybridized carbons (Fsp3) is 0.500. The van der Waals surface area contributed by atoms with Gasteiger partial charge in [0.25, 0.3) is 0 Å². The molecule has 0 spiro atoms.